The van der Waals surface area contributed by atoms with Crippen LogP contribution in [0.4, 0.5) is 23.7 Å². The van der Waals surface area contributed by atoms with E-state index in [1.807, 2.05) is 25.1 Å². The van der Waals surface area contributed by atoms with Gasteiger partial charge in [0.25, 0.3) is 15.7 Å². The number of benzene rings is 2. The van der Waals surface area contributed by atoms with Crippen molar-refractivity contribution in [3.05, 3.63) is 59.7 Å². The van der Waals surface area contributed by atoms with E-state index in [2.05, 4.69) is 5.32 Å². The van der Waals surface area contributed by atoms with Gasteiger partial charge in [0.1, 0.15) is 0 Å². The van der Waals surface area contributed by atoms with Crippen LogP contribution in [0.15, 0.2) is 53.4 Å². The predicted molar refractivity (Wildman–Crippen MR) is 107 cm³/mol. The van der Waals surface area contributed by atoms with E-state index >= 15 is 0 Å². The molecule has 0 bridgehead atoms. The molecule has 0 unspecified atom stereocenters. The Morgan fingerprint density at radius 2 is 1.52 bits per heavy atom. The van der Waals surface area contributed by atoms with Crippen LogP contribution in [0.25, 0.3) is 0 Å². The maximum atomic E-state index is 12.6. The molecule has 0 atom stereocenters. The van der Waals surface area contributed by atoms with Gasteiger partial charge in [-0.2, -0.15) is 13.2 Å². The topological polar surface area (TPSA) is 86.8 Å². The number of piperazine rings is 1. The maximum Gasteiger partial charge on any atom is 0.501 e. The van der Waals surface area contributed by atoms with Gasteiger partial charge in [-0.05, 0) is 48.9 Å². The summed E-state index contributed by atoms with van der Waals surface area (Å²) in [5, 5.41) is 2.80. The van der Waals surface area contributed by atoms with Crippen molar-refractivity contribution in [1.82, 2.24) is 9.80 Å². The third-order valence-electron chi connectivity index (χ3n) is 4.84. The summed E-state index contributed by atoms with van der Waals surface area (Å²) in [5.41, 5.74) is -3.67. The van der Waals surface area contributed by atoms with E-state index in [0.29, 0.717) is 5.69 Å². The Labute approximate surface area is 177 Å². The van der Waals surface area contributed by atoms with Gasteiger partial charge in [-0.1, -0.05) is 12.1 Å². The van der Waals surface area contributed by atoms with E-state index in [1.54, 1.807) is 11.0 Å². The molecule has 2 aromatic rings. The van der Waals surface area contributed by atoms with Crippen molar-refractivity contribution < 1.29 is 31.2 Å². The Morgan fingerprint density at radius 1 is 0.935 bits per heavy atom. The van der Waals surface area contributed by atoms with Gasteiger partial charge in [0.05, 0.1) is 4.90 Å². The minimum atomic E-state index is -5.47. The van der Waals surface area contributed by atoms with Gasteiger partial charge in [-0.15, -0.1) is 0 Å². The molecule has 0 radical (unpaired) electrons. The zero-order chi connectivity index (χ0) is 22.8. The zero-order valence-corrected chi connectivity index (χ0v) is 17.3. The third-order valence-corrected chi connectivity index (χ3v) is 6.34. The number of hydrogen-bond acceptors (Lipinski definition) is 4. The Morgan fingerprint density at radius 3 is 2.06 bits per heavy atom. The Balaban J connectivity index is 1.59. The van der Waals surface area contributed by atoms with E-state index < -0.39 is 26.1 Å². The van der Waals surface area contributed by atoms with Gasteiger partial charge in [-0.3, -0.25) is 4.79 Å². The quantitative estimate of drug-likeness (QED) is 0.770. The number of rotatable bonds is 3. The molecular formula is C20H20F3N3O4S. The van der Waals surface area contributed by atoms with E-state index in [1.165, 1.54) is 4.90 Å². The number of halogens is 3. The molecule has 1 heterocycles. The molecule has 7 nitrogen and oxygen atoms in total. The van der Waals surface area contributed by atoms with Crippen LogP contribution >= 0.6 is 0 Å². The molecule has 1 N–H and O–H groups in total. The number of carbonyl (C=O) groups is 2. The monoisotopic (exact) mass is 455 g/mol. The van der Waals surface area contributed by atoms with Crippen LogP contribution in [-0.2, 0) is 9.84 Å². The van der Waals surface area contributed by atoms with Crippen LogP contribution in [0.3, 0.4) is 0 Å². The van der Waals surface area contributed by atoms with Crippen molar-refractivity contribution in [2.24, 2.45) is 0 Å². The summed E-state index contributed by atoms with van der Waals surface area (Å²) in [7, 11) is -5.47. The number of aryl methyl sites for hydroxylation is 1. The van der Waals surface area contributed by atoms with Crippen LogP contribution in [0, 0.1) is 6.92 Å². The van der Waals surface area contributed by atoms with Gasteiger partial charge in [-0.25, -0.2) is 13.2 Å². The summed E-state index contributed by atoms with van der Waals surface area (Å²) >= 11 is 0. The van der Waals surface area contributed by atoms with Gasteiger partial charge in [0.2, 0.25) is 0 Å². The Bertz CT molecular complexity index is 1080. The van der Waals surface area contributed by atoms with Gasteiger partial charge >= 0.3 is 11.5 Å². The Kier molecular flexibility index (Phi) is 6.25. The number of urea groups is 1. The highest BCUT2D eigenvalue weighted by Gasteiger charge is 2.46. The summed E-state index contributed by atoms with van der Waals surface area (Å²) in [6.07, 6.45) is 0. The fraction of sp³-hybridized carbons (Fsp3) is 0.300. The zero-order valence-electron chi connectivity index (χ0n) is 16.5. The molecule has 0 aromatic heterocycles. The highest BCUT2D eigenvalue weighted by atomic mass is 32.2. The van der Waals surface area contributed by atoms with Crippen molar-refractivity contribution in [3.8, 4) is 0 Å². The molecule has 1 saturated heterocycles. The lowest BCUT2D eigenvalue weighted by atomic mass is 10.2. The lowest BCUT2D eigenvalue weighted by molar-refractivity contribution is -0.0436. The second kappa shape index (κ2) is 8.58. The molecule has 1 aliphatic heterocycles. The first-order valence-electron chi connectivity index (χ1n) is 9.32. The van der Waals surface area contributed by atoms with E-state index in [-0.39, 0.29) is 37.8 Å². The fourth-order valence-electron chi connectivity index (χ4n) is 3.13. The molecular weight excluding hydrogens is 435 g/mol. The lowest BCUT2D eigenvalue weighted by Gasteiger charge is -2.34. The Hall–Kier alpha value is -3.08. The van der Waals surface area contributed by atoms with E-state index in [4.69, 9.17) is 0 Å². The van der Waals surface area contributed by atoms with E-state index in [9.17, 15) is 31.2 Å². The van der Waals surface area contributed by atoms with Crippen LogP contribution in [0.1, 0.15) is 15.9 Å². The average Bonchev–Trinajstić information content (AvgIpc) is 2.72. The van der Waals surface area contributed by atoms with Crippen LogP contribution in [0.5, 0.6) is 0 Å². The molecule has 11 heteroatoms. The SMILES string of the molecule is Cc1cccc(NC(=O)N2CCN(C(=O)c3ccc(S(=O)(=O)C(F)(F)F)cc3)CC2)c1. The standard InChI is InChI=1S/C20H20F3N3O4S/c1-14-3-2-4-16(13-14)24-19(28)26-11-9-25(10-12-26)18(27)15-5-7-17(8-6-15)31(29,30)20(21,22)23/h2-8,13H,9-12H2,1H3,(H,24,28). The molecule has 166 valence electrons. The first-order chi connectivity index (χ1) is 14.5. The normalized spacial score (nSPS) is 15.0. The summed E-state index contributed by atoms with van der Waals surface area (Å²) in [5.74, 6) is -0.449. The number of amides is 3. The smallest absolute Gasteiger partial charge is 0.335 e. The number of hydrogen-bond donors (Lipinski definition) is 1. The predicted octanol–water partition coefficient (Wildman–Crippen LogP) is 3.28. The van der Waals surface area contributed by atoms with Gasteiger partial charge < -0.3 is 15.1 Å². The number of anilines is 1. The number of nitrogens with one attached hydrogen (secondary N) is 1. The molecule has 0 spiro atoms. The average molecular weight is 455 g/mol. The van der Waals surface area contributed by atoms with Crippen molar-refractivity contribution in [2.45, 2.75) is 17.3 Å². The number of sulfone groups is 1. The lowest BCUT2D eigenvalue weighted by Crippen LogP contribution is -2.51. The molecule has 0 saturated carbocycles. The van der Waals surface area contributed by atoms with Crippen LogP contribution < -0.4 is 5.32 Å². The van der Waals surface area contributed by atoms with Crippen molar-refractivity contribution >= 4 is 27.5 Å². The molecule has 2 aromatic carbocycles. The van der Waals surface area contributed by atoms with E-state index in [0.717, 1.165) is 29.8 Å². The highest BCUT2D eigenvalue weighted by molar-refractivity contribution is 7.92. The molecule has 1 fully saturated rings. The second-order valence-electron chi connectivity index (χ2n) is 7.05. The molecule has 3 rings (SSSR count). The van der Waals surface area contributed by atoms with Crippen molar-refractivity contribution in [2.75, 3.05) is 31.5 Å². The van der Waals surface area contributed by atoms with Gasteiger partial charge in [0.15, 0.2) is 0 Å². The molecule has 3 amide bonds. The number of nitrogens with zero attached hydrogens (tertiary/aromatic N) is 2. The van der Waals surface area contributed by atoms with Gasteiger partial charge in [0, 0.05) is 37.4 Å². The van der Waals surface area contributed by atoms with Crippen molar-refractivity contribution in [3.63, 3.8) is 0 Å². The minimum Gasteiger partial charge on any atom is -0.335 e. The van der Waals surface area contributed by atoms with Crippen molar-refractivity contribution in [1.29, 1.82) is 0 Å². The highest BCUT2D eigenvalue weighted by Crippen LogP contribution is 2.30. The minimum absolute atomic E-state index is 0.0683. The third kappa shape index (κ3) is 4.98. The number of alkyl halides is 3. The summed E-state index contributed by atoms with van der Waals surface area (Å²) in [6, 6.07) is 10.7. The second-order valence-corrected chi connectivity index (χ2v) is 8.99. The largest absolute Gasteiger partial charge is 0.501 e. The number of carbonyl (C=O) groups excluding carboxylic acids is 2. The summed E-state index contributed by atoms with van der Waals surface area (Å²) in [6.45, 7) is 2.95. The van der Waals surface area contributed by atoms with Crippen LogP contribution in [-0.4, -0.2) is 61.8 Å². The first kappa shape index (κ1) is 22.6. The summed E-state index contributed by atoms with van der Waals surface area (Å²) in [4.78, 5) is 27.1. The fourth-order valence-corrected chi connectivity index (χ4v) is 3.89. The summed E-state index contributed by atoms with van der Waals surface area (Å²) < 4.78 is 60.7. The maximum absolute atomic E-state index is 12.6. The van der Waals surface area contributed by atoms with Crippen LogP contribution in [0.2, 0.25) is 0 Å². The first-order valence-corrected chi connectivity index (χ1v) is 10.8. The molecule has 31 heavy (non-hydrogen) atoms. The molecule has 0 aliphatic carbocycles. The molecule has 1 aliphatic rings.